The predicted octanol–water partition coefficient (Wildman–Crippen LogP) is 17.7. The number of hydrogen-bond acceptors (Lipinski definition) is 21. The zero-order valence-electron chi connectivity index (χ0n) is 73.0. The van der Waals surface area contributed by atoms with E-state index in [1.54, 1.807) is 30.5 Å². The van der Waals surface area contributed by atoms with Gasteiger partial charge in [-0.2, -0.15) is 15.8 Å². The van der Waals surface area contributed by atoms with E-state index in [4.69, 9.17) is 14.7 Å². The van der Waals surface area contributed by atoms with Crippen LogP contribution in [0.15, 0.2) is 238 Å². The summed E-state index contributed by atoms with van der Waals surface area (Å²) in [5, 5.41) is 33.5. The number of aromatic nitrogens is 5. The first kappa shape index (κ1) is 120. The summed E-state index contributed by atoms with van der Waals surface area (Å²) in [4.78, 5) is 87.9. The Hall–Kier alpha value is -9.34. The smallest absolute Gasteiger partial charge is 0.315 e. The molecule has 0 unspecified atom stereocenters. The van der Waals surface area contributed by atoms with E-state index in [2.05, 4.69) is 129 Å². The van der Waals surface area contributed by atoms with Gasteiger partial charge in [-0.3, -0.25) is 73.5 Å². The zero-order chi connectivity index (χ0) is 88.6. The molecule has 2 aliphatic rings. The number of rotatable bonds is 20. The van der Waals surface area contributed by atoms with Gasteiger partial charge in [-0.15, -0.1) is 88.5 Å². The summed E-state index contributed by atoms with van der Waals surface area (Å²) in [5.41, 5.74) is 14.4. The Kier molecular flexibility index (Phi) is 67.8. The van der Waals surface area contributed by atoms with Crippen LogP contribution in [0.5, 0.6) is 0 Å². The molecule has 0 atom stereocenters. The van der Waals surface area contributed by atoms with Gasteiger partial charge in [0.15, 0.2) is 0 Å². The first-order valence-corrected chi connectivity index (χ1v) is 38.4. The maximum Gasteiger partial charge on any atom is 0.315 e. The van der Waals surface area contributed by atoms with Gasteiger partial charge in [0.2, 0.25) is 5.91 Å². The van der Waals surface area contributed by atoms with Gasteiger partial charge in [0.1, 0.15) is 41.2 Å². The van der Waals surface area contributed by atoms with Crippen molar-refractivity contribution in [2.75, 3.05) is 27.9 Å². The van der Waals surface area contributed by atoms with Crippen molar-refractivity contribution in [2.45, 2.75) is 108 Å². The van der Waals surface area contributed by atoms with E-state index in [-0.39, 0.29) is 210 Å². The topological polar surface area (TPSA) is 318 Å². The molecule has 5 aromatic carbocycles. The number of methoxy groups -OCH3 is 3. The van der Waals surface area contributed by atoms with Crippen LogP contribution in [0.1, 0.15) is 182 Å². The average molecular weight is 2050 g/mol. The van der Waals surface area contributed by atoms with Gasteiger partial charge in [0.05, 0.1) is 33.7 Å². The summed E-state index contributed by atoms with van der Waals surface area (Å²) in [5.74, 6) is -4.38. The van der Waals surface area contributed by atoms with Crippen LogP contribution in [0.3, 0.4) is 0 Å². The molecular weight excluding hydrogens is 1950 g/mol. The Morgan fingerprint density at radius 2 is 0.736 bits per heavy atom. The maximum absolute atomic E-state index is 13.9. The molecule has 10 aromatic rings. The monoisotopic (exact) mass is 2050 g/mol. The van der Waals surface area contributed by atoms with E-state index in [9.17, 15) is 34.1 Å². The Labute approximate surface area is 862 Å². The third-order valence-corrected chi connectivity index (χ3v) is 16.2. The van der Waals surface area contributed by atoms with Crippen LogP contribution in [0.25, 0.3) is 28.5 Å². The van der Waals surface area contributed by atoms with Crippen molar-refractivity contribution in [3.63, 3.8) is 0 Å². The zero-order valence-corrected chi connectivity index (χ0v) is 87.2. The third kappa shape index (κ3) is 38.4. The first-order valence-electron chi connectivity index (χ1n) is 38.4. The molecular formula is C97H99FN15O7Y5-5. The number of nitrogens with one attached hydrogen (secondary N) is 2. The van der Waals surface area contributed by atoms with E-state index >= 15 is 0 Å². The van der Waals surface area contributed by atoms with Crippen LogP contribution in [-0.2, 0) is 229 Å². The summed E-state index contributed by atoms with van der Waals surface area (Å²) >= 11 is 0. The Morgan fingerprint density at radius 3 is 1.10 bits per heavy atom. The number of amides is 1. The normalized spacial score (nSPS) is 10.9. The largest absolute Gasteiger partial charge is 0.469 e. The van der Waals surface area contributed by atoms with Crippen LogP contribution in [0.4, 0.5) is 4.39 Å². The van der Waals surface area contributed by atoms with Crippen LogP contribution >= 0.6 is 0 Å². The molecule has 0 aliphatic carbocycles. The molecule has 0 bridgehead atoms. The summed E-state index contributed by atoms with van der Waals surface area (Å²) in [7, 11) is 3.58. The summed E-state index contributed by atoms with van der Waals surface area (Å²) in [6.07, 6.45) is 24.6. The SMILES string of the molecule is C=NC(=[C-]c1ccnc(C#N)c1C(C(=O)OC)C(=O)OC)c1ccccc1.C=NC(=[C-]c1ccnc(C#N)c1CC(=O)OC)c1ccccc1.C=NC(=[C-]c1ccnc(C#N)c1F)c1ccccc1.C=NC(=[C-]c1ccnc2c1CC(=O)NC2)c1ccccc1.C=NC(=[C-]c1ccnc2c1CCNC2)c1ccccc1.CC.CC.CC.CC.CC.[Y].[Y].[Y].[Y].[Y]. The molecule has 5 aromatic heterocycles. The Morgan fingerprint density at radius 1 is 0.424 bits per heavy atom. The van der Waals surface area contributed by atoms with E-state index in [1.165, 1.54) is 43.4 Å². The second kappa shape index (κ2) is 70.8. The van der Waals surface area contributed by atoms with Crippen molar-refractivity contribution >= 4 is 85.9 Å². The van der Waals surface area contributed by atoms with E-state index in [1.807, 2.05) is 239 Å². The molecule has 2 aliphatic heterocycles. The number of ether oxygens (including phenoxy) is 3. The maximum atomic E-state index is 13.9. The predicted molar refractivity (Wildman–Crippen MR) is 474 cm³/mol. The molecule has 5 radical (unpaired) electrons. The fraction of sp³-hybridized carbons (Fsp3) is 0.206. The molecule has 0 saturated heterocycles. The molecule has 631 valence electrons. The number of pyridine rings is 5. The quantitative estimate of drug-likeness (QED) is 0.0235. The van der Waals surface area contributed by atoms with Crippen molar-refractivity contribution in [1.29, 1.82) is 15.8 Å². The van der Waals surface area contributed by atoms with Gasteiger partial charge in [0.25, 0.3) is 0 Å². The van der Waals surface area contributed by atoms with Crippen molar-refractivity contribution in [3.8, 4) is 18.2 Å². The van der Waals surface area contributed by atoms with Gasteiger partial charge < -0.3 is 24.8 Å². The summed E-state index contributed by atoms with van der Waals surface area (Å²) in [6, 6.07) is 61.5. The van der Waals surface area contributed by atoms with E-state index in [0.29, 0.717) is 46.9 Å². The van der Waals surface area contributed by atoms with Gasteiger partial charge in [-0.05, 0) is 106 Å². The van der Waals surface area contributed by atoms with Crippen LogP contribution in [0, 0.1) is 70.2 Å². The first-order chi connectivity index (χ1) is 58.7. The van der Waals surface area contributed by atoms with Crippen molar-refractivity contribution in [1.82, 2.24) is 35.6 Å². The van der Waals surface area contributed by atoms with Crippen molar-refractivity contribution in [3.05, 3.63) is 356 Å². The number of nitrogens with zero attached hydrogens (tertiary/aromatic N) is 13. The number of hydrogen-bond donors (Lipinski definition) is 2. The number of esters is 3. The number of aliphatic imine (C=N–C) groups is 5. The minimum atomic E-state index is -1.48. The standard InChI is InChI=1S/C20H16N3O4.C18H14N3O2.C17H14N3O.C17H16N3.C15H9FN3.5C2H6.5Y/c1-22-15(13-7-5-4-6-8-13)11-14-9-10-23-16(12-21)17(14)18(19(24)26-2)20(25)27-3;1-20-16(13-6-4-3-5-7-13)10-14-8-9-21-17(12-19)15(14)11-18(22)23-2;1-18-15(12-5-3-2-4-6-12)9-13-7-8-19-16-11-20-17(21)10-14(13)16;1-18-16(13-5-3-2-4-6-13)11-14-7-10-20-17-12-19-9-8-15(14)17;1-18-13(11-5-3-2-4-6-11)9-12-7-8-19-14(10-17)15(12)16;5*1-2;;;;;/h4-10,18H,1H2,2-3H3;3-9H,1,11H2,2H3;2-8H,1,10-11H2,(H,20,21);2-7,10,19H,1,8-9,12H2;2-8H,1H2;5*1-2H3;;;;;/q5*-1;;;;;;;;;;. The second-order valence-corrected chi connectivity index (χ2v) is 22.8. The van der Waals surface area contributed by atoms with Gasteiger partial charge in [0, 0.05) is 194 Å². The summed E-state index contributed by atoms with van der Waals surface area (Å²) < 4.78 is 28.0. The van der Waals surface area contributed by atoms with Gasteiger partial charge in [-0.1, -0.05) is 271 Å². The second-order valence-electron chi connectivity index (χ2n) is 22.8. The van der Waals surface area contributed by atoms with Gasteiger partial charge in [-0.25, -0.2) is 0 Å². The summed E-state index contributed by atoms with van der Waals surface area (Å²) in [6.45, 7) is 40.1. The third-order valence-electron chi connectivity index (χ3n) is 16.2. The fourth-order valence-electron chi connectivity index (χ4n) is 10.8. The molecule has 125 heavy (non-hydrogen) atoms. The number of carbonyl (C=O) groups is 4. The molecule has 12 rings (SSSR count). The number of benzene rings is 5. The minimum absolute atomic E-state index is 0. The van der Waals surface area contributed by atoms with Crippen molar-refractivity contribution < 1.29 is 201 Å². The number of carbonyl (C=O) groups excluding carboxylic acids is 4. The molecule has 2 N–H and O–H groups in total. The number of halogens is 1. The molecule has 1 amide bonds. The van der Waals surface area contributed by atoms with Crippen LogP contribution in [0.2, 0.25) is 0 Å². The number of fused-ring (bicyclic) bond motifs is 2. The Bertz CT molecular complexity index is 5300. The van der Waals surface area contributed by atoms with Crippen LogP contribution < -0.4 is 10.6 Å². The average Bonchev–Trinajstić information content (AvgIpc) is 0.796. The minimum Gasteiger partial charge on any atom is -0.469 e. The van der Waals surface area contributed by atoms with E-state index in [0.717, 1.165) is 95.3 Å². The molecule has 28 heteroatoms. The molecule has 22 nitrogen and oxygen atoms in total. The Balaban J connectivity index is -0.00000144. The van der Waals surface area contributed by atoms with Gasteiger partial charge >= 0.3 is 17.9 Å². The van der Waals surface area contributed by atoms with Crippen LogP contribution in [-0.4, -0.2) is 110 Å². The molecule has 0 fully saturated rings. The van der Waals surface area contributed by atoms with E-state index < -0.39 is 29.6 Å². The fourth-order valence-corrected chi connectivity index (χ4v) is 10.8. The number of nitriles is 3. The molecule has 0 saturated carbocycles. The molecule has 0 spiro atoms. The molecule has 7 heterocycles. The van der Waals surface area contributed by atoms with Crippen molar-refractivity contribution in [2.24, 2.45) is 25.0 Å².